The van der Waals surface area contributed by atoms with Gasteiger partial charge in [-0.15, -0.1) is 5.10 Å². The van der Waals surface area contributed by atoms with Crippen molar-refractivity contribution in [3.63, 3.8) is 0 Å². The van der Waals surface area contributed by atoms with Crippen molar-refractivity contribution in [3.05, 3.63) is 65.1 Å². The van der Waals surface area contributed by atoms with Gasteiger partial charge in [0.25, 0.3) is 0 Å². The van der Waals surface area contributed by atoms with Gasteiger partial charge in [-0.3, -0.25) is 5.43 Å². The van der Waals surface area contributed by atoms with Gasteiger partial charge in [-0.05, 0) is 23.6 Å². The van der Waals surface area contributed by atoms with Gasteiger partial charge in [0.15, 0.2) is 0 Å². The molecule has 8 nitrogen and oxygen atoms in total. The largest absolute Gasteiger partial charge is 0.423 e. The van der Waals surface area contributed by atoms with E-state index in [0.29, 0.717) is 17.4 Å². The molecular formula is C18H19N7O. The number of aromatic nitrogens is 3. The molecule has 3 heterocycles. The fourth-order valence-electron chi connectivity index (χ4n) is 3.45. The van der Waals surface area contributed by atoms with Crippen molar-refractivity contribution >= 4 is 0 Å². The van der Waals surface area contributed by atoms with Gasteiger partial charge in [0.05, 0.1) is 30.0 Å². The third kappa shape index (κ3) is 2.50. The number of hydrogen-bond acceptors (Lipinski definition) is 7. The zero-order valence-corrected chi connectivity index (χ0v) is 14.5. The summed E-state index contributed by atoms with van der Waals surface area (Å²) in [7, 11) is 0. The Morgan fingerprint density at radius 2 is 2.08 bits per heavy atom. The van der Waals surface area contributed by atoms with Crippen molar-refractivity contribution in [2.75, 3.05) is 0 Å². The molecule has 2 atom stereocenters. The Hall–Kier alpha value is -3.31. The zero-order chi connectivity index (χ0) is 18.3. The Bertz CT molecular complexity index is 919. The van der Waals surface area contributed by atoms with Gasteiger partial charge >= 0.3 is 0 Å². The van der Waals surface area contributed by atoms with Crippen LogP contribution in [0, 0.1) is 17.2 Å². The first-order valence-electron chi connectivity index (χ1n) is 8.40. The molecular weight excluding hydrogens is 330 g/mol. The van der Waals surface area contributed by atoms with Crippen molar-refractivity contribution in [1.82, 2.24) is 25.8 Å². The average molecular weight is 349 g/mol. The van der Waals surface area contributed by atoms with E-state index in [1.54, 1.807) is 17.1 Å². The number of ether oxygens (including phenoxy) is 1. The molecule has 2 aliphatic rings. The number of nitrogens with zero attached hydrogens (tertiary/aromatic N) is 4. The Balaban J connectivity index is 1.78. The minimum atomic E-state index is -0.261. The van der Waals surface area contributed by atoms with Gasteiger partial charge in [-0.25, -0.2) is 10.1 Å². The van der Waals surface area contributed by atoms with Crippen LogP contribution in [0.3, 0.4) is 0 Å². The van der Waals surface area contributed by atoms with Crippen molar-refractivity contribution in [1.29, 1.82) is 5.26 Å². The lowest BCUT2D eigenvalue weighted by atomic mass is 9.78. The Morgan fingerprint density at radius 1 is 1.31 bits per heavy atom. The molecule has 132 valence electrons. The number of allylic oxidation sites excluding steroid dienone is 1. The van der Waals surface area contributed by atoms with E-state index in [1.807, 2.05) is 24.3 Å². The second-order valence-corrected chi connectivity index (χ2v) is 6.64. The first-order valence-corrected chi connectivity index (χ1v) is 8.40. The van der Waals surface area contributed by atoms with Crippen LogP contribution in [-0.4, -0.2) is 21.0 Å². The molecule has 2 aromatic rings. The molecule has 0 spiro atoms. The first kappa shape index (κ1) is 16.2. The third-order valence-electron chi connectivity index (χ3n) is 4.72. The van der Waals surface area contributed by atoms with Gasteiger partial charge in [-0.1, -0.05) is 31.2 Å². The molecule has 0 fully saturated rings. The lowest BCUT2D eigenvalue weighted by Gasteiger charge is -2.28. The summed E-state index contributed by atoms with van der Waals surface area (Å²) in [6.07, 6.45) is 3.41. The molecule has 1 aromatic heterocycles. The normalized spacial score (nSPS) is 22.1. The van der Waals surface area contributed by atoms with Crippen LogP contribution in [-0.2, 0) is 4.74 Å². The fourth-order valence-corrected chi connectivity index (χ4v) is 3.45. The highest BCUT2D eigenvalue weighted by atomic mass is 16.5. The van der Waals surface area contributed by atoms with Crippen LogP contribution in [0.2, 0.25) is 0 Å². The van der Waals surface area contributed by atoms with Gasteiger partial charge in [0.2, 0.25) is 11.8 Å². The highest BCUT2D eigenvalue weighted by Crippen LogP contribution is 2.42. The number of hydrogen-bond donors (Lipinski definition) is 3. The smallest absolute Gasteiger partial charge is 0.211 e. The van der Waals surface area contributed by atoms with Crippen LogP contribution in [0.15, 0.2) is 59.6 Å². The van der Waals surface area contributed by atoms with Gasteiger partial charge in [-0.2, -0.15) is 5.26 Å². The molecule has 8 heteroatoms. The van der Waals surface area contributed by atoms with Crippen LogP contribution < -0.4 is 16.6 Å². The van der Waals surface area contributed by atoms with E-state index in [1.165, 1.54) is 0 Å². The van der Waals surface area contributed by atoms with E-state index < -0.39 is 0 Å². The lowest BCUT2D eigenvalue weighted by Crippen LogP contribution is -2.37. The second-order valence-electron chi connectivity index (χ2n) is 6.64. The highest BCUT2D eigenvalue weighted by molar-refractivity contribution is 5.52. The topological polar surface area (TPSA) is 114 Å². The summed E-state index contributed by atoms with van der Waals surface area (Å²) in [5, 5.41) is 17.5. The summed E-state index contributed by atoms with van der Waals surface area (Å²) in [4.78, 5) is 0. The van der Waals surface area contributed by atoms with E-state index in [-0.39, 0.29) is 17.8 Å². The predicted molar refractivity (Wildman–Crippen MR) is 93.9 cm³/mol. The molecule has 0 saturated heterocycles. The summed E-state index contributed by atoms with van der Waals surface area (Å²) in [6, 6.07) is 10.1. The Labute approximate surface area is 150 Å². The summed E-state index contributed by atoms with van der Waals surface area (Å²) in [5.41, 5.74) is 15.6. The number of rotatable bonds is 3. The van der Waals surface area contributed by atoms with E-state index in [4.69, 9.17) is 10.5 Å². The summed E-state index contributed by atoms with van der Waals surface area (Å²) in [5.74, 6) is 0.777. The van der Waals surface area contributed by atoms with Crippen LogP contribution in [0.4, 0.5) is 0 Å². The average Bonchev–Trinajstić information content (AvgIpc) is 3.30. The SMILES string of the molecule is CC(C)C1NNC2=C1C(c1ccc(-n3ccnn3)cc1)C(C#N)=C(N)O2. The maximum Gasteiger partial charge on any atom is 0.211 e. The molecule has 1 aromatic carbocycles. The summed E-state index contributed by atoms with van der Waals surface area (Å²) in [6.45, 7) is 4.24. The van der Waals surface area contributed by atoms with Crippen LogP contribution in [0.25, 0.3) is 5.69 Å². The molecule has 2 unspecified atom stereocenters. The predicted octanol–water partition coefficient (Wildman–Crippen LogP) is 1.42. The molecule has 4 rings (SSSR count). The number of nitrogens with two attached hydrogens (primary N) is 1. The maximum absolute atomic E-state index is 9.69. The minimum absolute atomic E-state index is 0.0430. The maximum atomic E-state index is 9.69. The van der Waals surface area contributed by atoms with Crippen molar-refractivity contribution < 1.29 is 4.74 Å². The molecule has 0 amide bonds. The molecule has 0 saturated carbocycles. The number of nitriles is 1. The van der Waals surface area contributed by atoms with Crippen molar-refractivity contribution in [3.8, 4) is 11.8 Å². The standard InChI is InChI=1S/C18H19N7O/c1-10(2)16-15-14(13(9-19)17(20)26-18(15)23-22-16)11-3-5-12(6-4-11)25-8-7-21-24-25/h3-8,10,14,16,22-23H,20H2,1-2H3. The molecule has 26 heavy (non-hydrogen) atoms. The Kier molecular flexibility index (Phi) is 3.86. The molecule has 0 aliphatic carbocycles. The quantitative estimate of drug-likeness (QED) is 0.768. The lowest BCUT2D eigenvalue weighted by molar-refractivity contribution is 0.255. The van der Waals surface area contributed by atoms with E-state index in [0.717, 1.165) is 16.8 Å². The Morgan fingerprint density at radius 3 is 2.69 bits per heavy atom. The number of nitrogens with one attached hydrogen (secondary N) is 2. The van der Waals surface area contributed by atoms with Crippen LogP contribution in [0.1, 0.15) is 25.3 Å². The second kappa shape index (κ2) is 6.20. The van der Waals surface area contributed by atoms with Gasteiger partial charge < -0.3 is 10.5 Å². The van der Waals surface area contributed by atoms with E-state index in [9.17, 15) is 5.26 Å². The van der Waals surface area contributed by atoms with Crippen molar-refractivity contribution in [2.45, 2.75) is 25.8 Å². The molecule has 4 N–H and O–H groups in total. The van der Waals surface area contributed by atoms with E-state index in [2.05, 4.69) is 41.1 Å². The van der Waals surface area contributed by atoms with Crippen LogP contribution in [0.5, 0.6) is 0 Å². The third-order valence-corrected chi connectivity index (χ3v) is 4.72. The number of hydrazine groups is 1. The fraction of sp³-hybridized carbons (Fsp3) is 0.278. The molecule has 0 bridgehead atoms. The van der Waals surface area contributed by atoms with Crippen LogP contribution >= 0.6 is 0 Å². The minimum Gasteiger partial charge on any atom is -0.423 e. The van der Waals surface area contributed by atoms with Crippen molar-refractivity contribution in [2.24, 2.45) is 11.7 Å². The van der Waals surface area contributed by atoms with E-state index >= 15 is 0 Å². The van der Waals surface area contributed by atoms with Gasteiger partial charge in [0, 0.05) is 5.57 Å². The monoisotopic (exact) mass is 349 g/mol. The molecule has 0 radical (unpaired) electrons. The zero-order valence-electron chi connectivity index (χ0n) is 14.5. The first-order chi connectivity index (χ1) is 12.6. The summed E-state index contributed by atoms with van der Waals surface area (Å²) >= 11 is 0. The summed E-state index contributed by atoms with van der Waals surface area (Å²) < 4.78 is 7.33. The molecule has 2 aliphatic heterocycles. The number of benzene rings is 1. The highest BCUT2D eigenvalue weighted by Gasteiger charge is 2.41. The van der Waals surface area contributed by atoms with Gasteiger partial charge in [0.1, 0.15) is 11.6 Å².